The molecule has 0 unspecified atom stereocenters. The lowest BCUT2D eigenvalue weighted by molar-refractivity contribution is 0.346. The van der Waals surface area contributed by atoms with Crippen molar-refractivity contribution in [3.8, 4) is 11.1 Å². The molecule has 0 aliphatic carbocycles. The second-order valence-electron chi connectivity index (χ2n) is 8.52. The van der Waals surface area contributed by atoms with Gasteiger partial charge in [0.1, 0.15) is 5.82 Å². The molecule has 1 N–H and O–H groups in total. The van der Waals surface area contributed by atoms with Crippen LogP contribution >= 0.6 is 0 Å². The lowest BCUT2D eigenvalue weighted by atomic mass is 9.98. The molecule has 162 valence electrons. The summed E-state index contributed by atoms with van der Waals surface area (Å²) < 4.78 is 27.4. The van der Waals surface area contributed by atoms with Gasteiger partial charge in [-0.15, -0.1) is 0 Å². The number of piperazine rings is 1. The summed E-state index contributed by atoms with van der Waals surface area (Å²) in [5.74, 6) is 1.43. The van der Waals surface area contributed by atoms with Gasteiger partial charge >= 0.3 is 0 Å². The zero-order valence-electron chi connectivity index (χ0n) is 18.0. The van der Waals surface area contributed by atoms with Crippen molar-refractivity contribution in [2.24, 2.45) is 0 Å². The van der Waals surface area contributed by atoms with E-state index in [1.807, 2.05) is 18.3 Å². The van der Waals surface area contributed by atoms with Gasteiger partial charge in [-0.2, -0.15) is 4.31 Å². The molecule has 0 bridgehead atoms. The molecule has 30 heavy (non-hydrogen) atoms. The number of hydrogen-bond acceptors (Lipinski definition) is 5. The summed E-state index contributed by atoms with van der Waals surface area (Å²) in [7, 11) is -3.40. The summed E-state index contributed by atoms with van der Waals surface area (Å²) in [6.45, 7) is 9.53. The van der Waals surface area contributed by atoms with Crippen LogP contribution in [0, 0.1) is 0 Å². The van der Waals surface area contributed by atoms with Crippen molar-refractivity contribution in [3.63, 3.8) is 0 Å². The Morgan fingerprint density at radius 3 is 2.23 bits per heavy atom. The van der Waals surface area contributed by atoms with Crippen molar-refractivity contribution < 1.29 is 8.42 Å². The SMILES string of the molecule is CC(C)c1cc(-c2ccc(S(=O)(=O)N3CCCCC3)cc2)cnc1N1CCNCC1. The quantitative estimate of drug-likeness (QED) is 0.790. The number of sulfonamides is 1. The smallest absolute Gasteiger partial charge is 0.243 e. The summed E-state index contributed by atoms with van der Waals surface area (Å²) in [4.78, 5) is 7.54. The summed E-state index contributed by atoms with van der Waals surface area (Å²) in [6.07, 6.45) is 4.91. The molecule has 0 atom stereocenters. The van der Waals surface area contributed by atoms with Gasteiger partial charge in [0, 0.05) is 51.0 Å². The predicted molar refractivity (Wildman–Crippen MR) is 121 cm³/mol. The molecule has 0 spiro atoms. The van der Waals surface area contributed by atoms with Gasteiger partial charge in [0.15, 0.2) is 0 Å². The normalized spacial score (nSPS) is 18.7. The molecule has 3 heterocycles. The van der Waals surface area contributed by atoms with Crippen molar-refractivity contribution in [1.29, 1.82) is 0 Å². The number of anilines is 1. The maximum atomic E-state index is 12.9. The third-order valence-corrected chi connectivity index (χ3v) is 7.99. The Bertz CT molecular complexity index is 961. The molecule has 0 radical (unpaired) electrons. The molecular formula is C23H32N4O2S. The zero-order chi connectivity index (χ0) is 21.1. The van der Waals surface area contributed by atoms with Crippen LogP contribution in [0.3, 0.4) is 0 Å². The van der Waals surface area contributed by atoms with E-state index < -0.39 is 10.0 Å². The average molecular weight is 429 g/mol. The zero-order valence-corrected chi connectivity index (χ0v) is 18.8. The van der Waals surface area contributed by atoms with Crippen molar-refractivity contribution in [3.05, 3.63) is 42.1 Å². The Hall–Kier alpha value is -1.96. The van der Waals surface area contributed by atoms with Crippen LogP contribution in [-0.4, -0.2) is 57.0 Å². The molecule has 7 heteroatoms. The van der Waals surface area contributed by atoms with E-state index in [-0.39, 0.29) is 0 Å². The fraction of sp³-hybridized carbons (Fsp3) is 0.522. The molecule has 2 saturated heterocycles. The van der Waals surface area contributed by atoms with Gasteiger partial charge in [-0.25, -0.2) is 13.4 Å². The van der Waals surface area contributed by atoms with Gasteiger partial charge in [0.2, 0.25) is 10.0 Å². The second-order valence-corrected chi connectivity index (χ2v) is 10.5. The molecular weight excluding hydrogens is 396 g/mol. The molecule has 0 amide bonds. The van der Waals surface area contributed by atoms with Crippen LogP contribution < -0.4 is 10.2 Å². The van der Waals surface area contributed by atoms with Gasteiger partial charge < -0.3 is 10.2 Å². The number of hydrogen-bond donors (Lipinski definition) is 1. The largest absolute Gasteiger partial charge is 0.354 e. The predicted octanol–water partition coefficient (Wildman–Crippen LogP) is 3.46. The third kappa shape index (κ3) is 4.38. The van der Waals surface area contributed by atoms with E-state index in [0.717, 1.165) is 62.4 Å². The van der Waals surface area contributed by atoms with Crippen LogP contribution in [0.5, 0.6) is 0 Å². The van der Waals surface area contributed by atoms with E-state index in [1.54, 1.807) is 16.4 Å². The van der Waals surface area contributed by atoms with Crippen molar-refractivity contribution in [1.82, 2.24) is 14.6 Å². The number of rotatable bonds is 5. The summed E-state index contributed by atoms with van der Waals surface area (Å²) in [5, 5.41) is 3.39. The highest BCUT2D eigenvalue weighted by molar-refractivity contribution is 7.89. The van der Waals surface area contributed by atoms with Crippen molar-refractivity contribution in [2.75, 3.05) is 44.2 Å². The van der Waals surface area contributed by atoms with Crippen LogP contribution in [0.25, 0.3) is 11.1 Å². The number of nitrogens with zero attached hydrogens (tertiary/aromatic N) is 3. The van der Waals surface area contributed by atoms with Gasteiger partial charge in [-0.05, 0) is 48.1 Å². The Balaban J connectivity index is 1.60. The molecule has 4 rings (SSSR count). The number of benzene rings is 1. The number of aromatic nitrogens is 1. The first-order chi connectivity index (χ1) is 14.5. The van der Waals surface area contributed by atoms with Crippen LogP contribution in [0.4, 0.5) is 5.82 Å². The van der Waals surface area contributed by atoms with Gasteiger partial charge in [0.05, 0.1) is 4.90 Å². The molecule has 6 nitrogen and oxygen atoms in total. The summed E-state index contributed by atoms with van der Waals surface area (Å²) in [5.41, 5.74) is 3.26. The van der Waals surface area contributed by atoms with E-state index in [9.17, 15) is 8.42 Å². The molecule has 2 aliphatic rings. The molecule has 2 aliphatic heterocycles. The van der Waals surface area contributed by atoms with Crippen LogP contribution in [0.2, 0.25) is 0 Å². The first kappa shape index (κ1) is 21.3. The fourth-order valence-corrected chi connectivity index (χ4v) is 5.79. The minimum absolute atomic E-state index is 0.362. The molecule has 2 fully saturated rings. The lowest BCUT2D eigenvalue weighted by Gasteiger charge is -2.31. The first-order valence-electron chi connectivity index (χ1n) is 11.0. The fourth-order valence-electron chi connectivity index (χ4n) is 4.27. The van der Waals surface area contributed by atoms with Gasteiger partial charge in [-0.1, -0.05) is 32.4 Å². The van der Waals surface area contributed by atoms with E-state index >= 15 is 0 Å². The lowest BCUT2D eigenvalue weighted by Crippen LogP contribution is -2.44. The number of piperidine rings is 1. The summed E-state index contributed by atoms with van der Waals surface area (Å²) in [6, 6.07) is 9.49. The van der Waals surface area contributed by atoms with E-state index in [1.165, 1.54) is 5.56 Å². The number of pyridine rings is 1. The van der Waals surface area contributed by atoms with Crippen molar-refractivity contribution >= 4 is 15.8 Å². The Kier molecular flexibility index (Phi) is 6.41. The Labute approximate surface area is 180 Å². The van der Waals surface area contributed by atoms with E-state index in [2.05, 4.69) is 30.1 Å². The van der Waals surface area contributed by atoms with Crippen LogP contribution in [-0.2, 0) is 10.0 Å². The monoisotopic (exact) mass is 428 g/mol. The van der Waals surface area contributed by atoms with Gasteiger partial charge in [-0.3, -0.25) is 0 Å². The van der Waals surface area contributed by atoms with E-state index in [4.69, 9.17) is 4.98 Å². The Morgan fingerprint density at radius 2 is 1.60 bits per heavy atom. The standard InChI is InChI=1S/C23H32N4O2S/c1-18(2)22-16-20(17-25-23(22)26-14-10-24-11-15-26)19-6-8-21(9-7-19)30(28,29)27-12-4-3-5-13-27/h6-9,16-18,24H,3-5,10-15H2,1-2H3. The maximum absolute atomic E-state index is 12.9. The first-order valence-corrected chi connectivity index (χ1v) is 12.5. The maximum Gasteiger partial charge on any atom is 0.243 e. The Morgan fingerprint density at radius 1 is 0.933 bits per heavy atom. The topological polar surface area (TPSA) is 65.5 Å². The van der Waals surface area contributed by atoms with Crippen LogP contribution in [0.15, 0.2) is 41.4 Å². The summed E-state index contributed by atoms with van der Waals surface area (Å²) >= 11 is 0. The molecule has 2 aromatic rings. The molecule has 1 aromatic heterocycles. The third-order valence-electron chi connectivity index (χ3n) is 6.07. The average Bonchev–Trinajstić information content (AvgIpc) is 2.80. The number of nitrogens with one attached hydrogen (secondary N) is 1. The highest BCUT2D eigenvalue weighted by atomic mass is 32.2. The second kappa shape index (κ2) is 9.04. The van der Waals surface area contributed by atoms with E-state index in [0.29, 0.717) is 23.9 Å². The molecule has 0 saturated carbocycles. The minimum Gasteiger partial charge on any atom is -0.354 e. The van der Waals surface area contributed by atoms with Crippen LogP contribution in [0.1, 0.15) is 44.6 Å². The van der Waals surface area contributed by atoms with Crippen molar-refractivity contribution in [2.45, 2.75) is 43.9 Å². The molecule has 1 aromatic carbocycles. The highest BCUT2D eigenvalue weighted by Gasteiger charge is 2.26. The highest BCUT2D eigenvalue weighted by Crippen LogP contribution is 2.31. The minimum atomic E-state index is -3.40. The van der Waals surface area contributed by atoms with Gasteiger partial charge in [0.25, 0.3) is 0 Å².